The monoisotopic (exact) mass is 235 g/mol. The van der Waals surface area contributed by atoms with Crippen molar-refractivity contribution in [3.8, 4) is 0 Å². The van der Waals surface area contributed by atoms with Crippen LogP contribution in [0.3, 0.4) is 0 Å². The molecule has 2 aromatic rings. The predicted molar refractivity (Wildman–Crippen MR) is 64.6 cm³/mol. The Morgan fingerprint density at radius 1 is 1.75 bits per heavy atom. The van der Waals surface area contributed by atoms with Crippen LogP contribution < -0.4 is 5.73 Å². The largest absolute Gasteiger partial charge is 0.321 e. The molecule has 0 aliphatic rings. The molecule has 0 saturated heterocycles. The minimum Gasteiger partial charge on any atom is -0.321 e. The van der Waals surface area contributed by atoms with Gasteiger partial charge in [-0.25, -0.2) is 4.98 Å². The quantitative estimate of drug-likeness (QED) is 0.797. The molecule has 84 valence electrons. The zero-order valence-electron chi connectivity index (χ0n) is 8.80. The van der Waals surface area contributed by atoms with Gasteiger partial charge in [0.1, 0.15) is 0 Å². The molecule has 2 aromatic heterocycles. The van der Waals surface area contributed by atoms with Crippen LogP contribution in [-0.4, -0.2) is 21.2 Å². The van der Waals surface area contributed by atoms with Gasteiger partial charge in [0.05, 0.1) is 18.2 Å². The van der Waals surface area contributed by atoms with E-state index in [2.05, 4.69) is 11.6 Å². The lowest BCUT2D eigenvalue weighted by atomic mass is 10.1. The molecule has 0 aliphatic heterocycles. The van der Waals surface area contributed by atoms with E-state index >= 15 is 0 Å². The third kappa shape index (κ3) is 2.20. The van der Waals surface area contributed by atoms with Crippen molar-refractivity contribution in [3.05, 3.63) is 36.1 Å². The summed E-state index contributed by atoms with van der Waals surface area (Å²) in [4.78, 5) is 16.9. The van der Waals surface area contributed by atoms with E-state index in [-0.39, 0.29) is 5.78 Å². The summed E-state index contributed by atoms with van der Waals surface area (Å²) >= 11 is 1.55. The highest BCUT2D eigenvalue weighted by molar-refractivity contribution is 7.15. The van der Waals surface area contributed by atoms with Gasteiger partial charge in [0.2, 0.25) is 0 Å². The van der Waals surface area contributed by atoms with E-state index < -0.39 is 6.04 Å². The number of nitrogens with two attached hydrogens (primary N) is 1. The van der Waals surface area contributed by atoms with Crippen LogP contribution in [0.4, 0.5) is 0 Å². The Balaban J connectivity index is 2.07. The molecule has 0 fully saturated rings. The topological polar surface area (TPSA) is 60.4 Å². The molecule has 2 rings (SSSR count). The highest BCUT2D eigenvalue weighted by Crippen LogP contribution is 2.12. The number of carbonyl (C=O) groups is 1. The standard InChI is InChI=1S/C11H13N3OS/c1-2-3-9(12)10(15)6-8-7-14-4-5-16-11(14)13-8/h2,4-5,7,9H,1,3,6,12H2. The van der Waals surface area contributed by atoms with Crippen LogP contribution in [0.5, 0.6) is 0 Å². The fourth-order valence-corrected chi connectivity index (χ4v) is 2.20. The number of fused-ring (bicyclic) bond motifs is 1. The number of imidazole rings is 1. The van der Waals surface area contributed by atoms with Crippen molar-refractivity contribution in [2.24, 2.45) is 5.73 Å². The Morgan fingerprint density at radius 3 is 3.25 bits per heavy atom. The molecule has 2 heterocycles. The molecule has 0 aromatic carbocycles. The van der Waals surface area contributed by atoms with Crippen LogP contribution in [0.2, 0.25) is 0 Å². The molecule has 1 atom stereocenters. The number of hydrogen-bond donors (Lipinski definition) is 1. The van der Waals surface area contributed by atoms with Crippen LogP contribution in [0, 0.1) is 0 Å². The van der Waals surface area contributed by atoms with Crippen molar-refractivity contribution in [1.82, 2.24) is 9.38 Å². The van der Waals surface area contributed by atoms with Crippen LogP contribution >= 0.6 is 11.3 Å². The number of carbonyl (C=O) groups excluding carboxylic acids is 1. The molecule has 0 radical (unpaired) electrons. The second kappa shape index (κ2) is 4.59. The molecule has 4 nitrogen and oxygen atoms in total. The first-order valence-electron chi connectivity index (χ1n) is 5.01. The molecule has 0 saturated carbocycles. The van der Waals surface area contributed by atoms with Crippen LogP contribution in [0.1, 0.15) is 12.1 Å². The predicted octanol–water partition coefficient (Wildman–Crippen LogP) is 1.41. The van der Waals surface area contributed by atoms with Gasteiger partial charge in [0.15, 0.2) is 10.7 Å². The third-order valence-corrected chi connectivity index (χ3v) is 3.10. The minimum atomic E-state index is -0.461. The first-order chi connectivity index (χ1) is 7.70. The fourth-order valence-electron chi connectivity index (χ4n) is 1.48. The molecule has 0 amide bonds. The van der Waals surface area contributed by atoms with Gasteiger partial charge >= 0.3 is 0 Å². The first-order valence-corrected chi connectivity index (χ1v) is 5.89. The number of ketones is 1. The molecule has 5 heteroatoms. The summed E-state index contributed by atoms with van der Waals surface area (Å²) in [6.07, 6.45) is 6.26. The van der Waals surface area contributed by atoms with Crippen molar-refractivity contribution < 1.29 is 4.79 Å². The second-order valence-electron chi connectivity index (χ2n) is 3.60. The van der Waals surface area contributed by atoms with E-state index in [1.165, 1.54) is 0 Å². The van der Waals surface area contributed by atoms with Crippen molar-refractivity contribution >= 4 is 22.1 Å². The summed E-state index contributed by atoms with van der Waals surface area (Å²) < 4.78 is 1.91. The van der Waals surface area contributed by atoms with E-state index in [1.807, 2.05) is 22.2 Å². The zero-order chi connectivity index (χ0) is 11.5. The van der Waals surface area contributed by atoms with Gasteiger partial charge in [0, 0.05) is 17.8 Å². The summed E-state index contributed by atoms with van der Waals surface area (Å²) in [5, 5.41) is 1.96. The average Bonchev–Trinajstić information content (AvgIpc) is 2.78. The van der Waals surface area contributed by atoms with Crippen LogP contribution in [-0.2, 0) is 11.2 Å². The first kappa shape index (κ1) is 11.0. The average molecular weight is 235 g/mol. The molecule has 0 spiro atoms. The Hall–Kier alpha value is -1.46. The van der Waals surface area contributed by atoms with Crippen LogP contribution in [0.15, 0.2) is 30.4 Å². The minimum absolute atomic E-state index is 0.00523. The number of Topliss-reactive ketones (excluding diaryl/α,β-unsaturated/α-hetero) is 1. The number of nitrogens with zero attached hydrogens (tertiary/aromatic N) is 2. The highest BCUT2D eigenvalue weighted by Gasteiger charge is 2.14. The van der Waals surface area contributed by atoms with E-state index in [4.69, 9.17) is 5.73 Å². The molecule has 16 heavy (non-hydrogen) atoms. The Bertz CT molecular complexity index is 486. The van der Waals surface area contributed by atoms with Gasteiger partial charge in [0.25, 0.3) is 0 Å². The van der Waals surface area contributed by atoms with Gasteiger partial charge in [-0.3, -0.25) is 9.20 Å². The zero-order valence-corrected chi connectivity index (χ0v) is 9.61. The smallest absolute Gasteiger partial charge is 0.193 e. The van der Waals surface area contributed by atoms with Crippen molar-refractivity contribution in [3.63, 3.8) is 0 Å². The molecule has 0 aliphatic carbocycles. The molecule has 0 bridgehead atoms. The van der Waals surface area contributed by atoms with Crippen molar-refractivity contribution in [1.29, 1.82) is 0 Å². The summed E-state index contributed by atoms with van der Waals surface area (Å²) in [6.45, 7) is 3.57. The van der Waals surface area contributed by atoms with Gasteiger partial charge in [-0.05, 0) is 6.42 Å². The maximum absolute atomic E-state index is 11.7. The SMILES string of the molecule is C=CCC(N)C(=O)Cc1cn2ccsc2n1. The van der Waals surface area contributed by atoms with E-state index in [1.54, 1.807) is 17.4 Å². The summed E-state index contributed by atoms with van der Waals surface area (Å²) in [5.74, 6) is 0.00523. The van der Waals surface area contributed by atoms with Gasteiger partial charge in [-0.2, -0.15) is 0 Å². The van der Waals surface area contributed by atoms with Crippen LogP contribution in [0.25, 0.3) is 4.96 Å². The summed E-state index contributed by atoms with van der Waals surface area (Å²) in [7, 11) is 0. The fraction of sp³-hybridized carbons (Fsp3) is 0.273. The van der Waals surface area contributed by atoms with Gasteiger partial charge in [-0.15, -0.1) is 17.9 Å². The van der Waals surface area contributed by atoms with E-state index in [0.717, 1.165) is 10.7 Å². The lowest BCUT2D eigenvalue weighted by Crippen LogP contribution is -2.31. The Labute approximate surface area is 97.4 Å². The highest BCUT2D eigenvalue weighted by atomic mass is 32.1. The van der Waals surface area contributed by atoms with E-state index in [0.29, 0.717) is 12.8 Å². The van der Waals surface area contributed by atoms with E-state index in [9.17, 15) is 4.79 Å². The lowest BCUT2D eigenvalue weighted by molar-refractivity contribution is -0.119. The number of thiazole rings is 1. The maximum Gasteiger partial charge on any atom is 0.193 e. The molecule has 2 N–H and O–H groups in total. The van der Waals surface area contributed by atoms with Crippen molar-refractivity contribution in [2.45, 2.75) is 18.9 Å². The Morgan fingerprint density at radius 2 is 2.56 bits per heavy atom. The van der Waals surface area contributed by atoms with Gasteiger partial charge < -0.3 is 5.73 Å². The molecular formula is C11H13N3OS. The lowest BCUT2D eigenvalue weighted by Gasteiger charge is -2.05. The number of aromatic nitrogens is 2. The van der Waals surface area contributed by atoms with Crippen molar-refractivity contribution in [2.75, 3.05) is 0 Å². The second-order valence-corrected chi connectivity index (χ2v) is 4.47. The summed E-state index contributed by atoms with van der Waals surface area (Å²) in [5.41, 5.74) is 6.47. The Kier molecular flexibility index (Phi) is 3.17. The number of hydrogen-bond acceptors (Lipinski definition) is 4. The normalized spacial score (nSPS) is 12.8. The maximum atomic E-state index is 11.7. The molecular weight excluding hydrogens is 222 g/mol. The van der Waals surface area contributed by atoms with Gasteiger partial charge in [-0.1, -0.05) is 6.08 Å². The molecule has 1 unspecified atom stereocenters. The summed E-state index contributed by atoms with van der Waals surface area (Å²) in [6, 6.07) is -0.461. The number of rotatable bonds is 5. The third-order valence-electron chi connectivity index (χ3n) is 2.33.